The fourth-order valence-corrected chi connectivity index (χ4v) is 6.62. The van der Waals surface area contributed by atoms with E-state index < -0.39 is 158 Å². The number of carbonyl (C=O) groups is 13. The van der Waals surface area contributed by atoms with Crippen LogP contribution in [0.4, 0.5) is 0 Å². The maximum atomic E-state index is 11.8. The van der Waals surface area contributed by atoms with E-state index in [2.05, 4.69) is 85.5 Å². The number of esters is 13. The molecule has 0 radical (unpaired) electrons. The first kappa shape index (κ1) is 91.8. The van der Waals surface area contributed by atoms with E-state index in [1.165, 1.54) is 20.8 Å². The Labute approximate surface area is 572 Å². The Hall–Kier alpha value is -10.4. The van der Waals surface area contributed by atoms with Gasteiger partial charge in [0, 0.05) is 77.5 Å². The molecular weight excluding hydrogens is 1290 g/mol. The van der Waals surface area contributed by atoms with E-state index >= 15 is 0 Å². The van der Waals surface area contributed by atoms with Crippen LogP contribution in [0.1, 0.15) is 60.8 Å². The number of carbonyl (C=O) groups excluding carboxylic acids is 13. The van der Waals surface area contributed by atoms with Crippen molar-refractivity contribution >= 4 is 77.6 Å². The van der Waals surface area contributed by atoms with Crippen molar-refractivity contribution in [2.24, 2.45) is 27.1 Å². The maximum Gasteiger partial charge on any atom is 0.333 e. The molecule has 0 aromatic carbocycles. The van der Waals surface area contributed by atoms with E-state index in [1.807, 2.05) is 20.8 Å². The van der Waals surface area contributed by atoms with Gasteiger partial charge in [0.25, 0.3) is 0 Å². The molecule has 0 aliphatic heterocycles. The quantitative estimate of drug-likeness (QED) is 0.0343. The lowest BCUT2D eigenvalue weighted by Gasteiger charge is -2.35. The average Bonchev–Trinajstić information content (AvgIpc) is 0.881. The lowest BCUT2D eigenvalue weighted by molar-refractivity contribution is -0.170. The van der Waals surface area contributed by atoms with Gasteiger partial charge in [-0.25, -0.2) is 62.3 Å². The molecule has 0 atom stereocenters. The highest BCUT2D eigenvalue weighted by atomic mass is 16.6. The van der Waals surface area contributed by atoms with Gasteiger partial charge < -0.3 is 71.1 Å². The molecule has 542 valence electrons. The summed E-state index contributed by atoms with van der Waals surface area (Å²) < 4.78 is 79.0. The highest BCUT2D eigenvalue weighted by molar-refractivity contribution is 5.89. The average molecular weight is 1380 g/mol. The third-order valence-corrected chi connectivity index (χ3v) is 13.3. The molecule has 0 heterocycles. The molecule has 0 saturated carbocycles. The van der Waals surface area contributed by atoms with Crippen molar-refractivity contribution in [2.45, 2.75) is 60.8 Å². The highest BCUT2D eigenvalue weighted by Crippen LogP contribution is 2.31. The van der Waals surface area contributed by atoms with Gasteiger partial charge in [-0.15, -0.1) is 0 Å². The number of ether oxygens (including phenoxy) is 15. The minimum atomic E-state index is -1.49. The SMILES string of the molecule is C=C(C)C(=O)OCC(CC)(COC(=O)C(=C)C)COC(=O)C(=C)C.C=CC(=O)OCC(CC)(COCC(CC)(COC(=O)C=C)COC(=O)C=C)COC(=O)C=C.C=CC(=O)OCC(COCC(COC(=O)C=C)(COC(=O)C=C)COC(=O)C=C)(COC(=O)C=C)COC(=O)C=C. The van der Waals surface area contributed by atoms with Crippen molar-refractivity contribution < 1.29 is 133 Å². The van der Waals surface area contributed by atoms with Crippen molar-refractivity contribution in [1.82, 2.24) is 0 Å². The third kappa shape index (κ3) is 39.5. The summed E-state index contributed by atoms with van der Waals surface area (Å²) in [5.41, 5.74) is -4.81. The van der Waals surface area contributed by atoms with Gasteiger partial charge in [0.05, 0.1) is 53.5 Å². The van der Waals surface area contributed by atoms with Crippen LogP contribution in [0.15, 0.2) is 163 Å². The second-order valence-corrected chi connectivity index (χ2v) is 21.7. The second-order valence-electron chi connectivity index (χ2n) is 21.7. The molecule has 0 saturated heterocycles. The Morgan fingerprint density at radius 2 is 0.347 bits per heavy atom. The summed E-state index contributed by atoms with van der Waals surface area (Å²) in [6.45, 7) is 49.6. The normalized spacial score (nSPS) is 10.7. The molecule has 0 rings (SSSR count). The Morgan fingerprint density at radius 1 is 0.224 bits per heavy atom. The van der Waals surface area contributed by atoms with Crippen LogP contribution < -0.4 is 0 Å². The zero-order valence-corrected chi connectivity index (χ0v) is 57.0. The van der Waals surface area contributed by atoms with Crippen LogP contribution in [0, 0.1) is 27.1 Å². The standard InChI is InChI=1S/C28H34O13.C24H34O9.C18H26O6/c1-7-21(29)36-15-27(16-37-22(30)8-2,17-38-23(31)9-3)13-35-14-28(18-39-24(32)10-4,19-40-25(33)11-5)20-41-26(34)12-6;1-7-19(25)30-15-23(11-5,16-31-20(26)8-2)13-29-14-24(12-6,17-32-21(27)9-3)18-33-22(28)10-4;1-8-18(9-22-15(19)12(2)3,10-23-16(20)13(4)5)11-24-17(21)14(6)7/h7-12H,1-6,13-20H2;7-10H,1-4,11-18H2,5-6H3;2,4,6,8-11H2,1,3,5,7H3. The van der Waals surface area contributed by atoms with E-state index in [4.69, 9.17) is 71.1 Å². The van der Waals surface area contributed by atoms with Crippen molar-refractivity contribution in [3.05, 3.63) is 163 Å². The van der Waals surface area contributed by atoms with Gasteiger partial charge in [-0.1, -0.05) is 106 Å². The summed E-state index contributed by atoms with van der Waals surface area (Å²) in [7, 11) is 0. The maximum absolute atomic E-state index is 11.8. The minimum absolute atomic E-state index is 0.0326. The van der Waals surface area contributed by atoms with Crippen molar-refractivity contribution in [1.29, 1.82) is 0 Å². The van der Waals surface area contributed by atoms with E-state index in [-0.39, 0.29) is 76.2 Å². The minimum Gasteiger partial charge on any atom is -0.462 e. The van der Waals surface area contributed by atoms with Gasteiger partial charge in [0.1, 0.15) is 85.9 Å². The van der Waals surface area contributed by atoms with Gasteiger partial charge >= 0.3 is 77.6 Å². The fraction of sp³-hybridized carbons (Fsp3) is 0.443. The monoisotopic (exact) mass is 1380 g/mol. The van der Waals surface area contributed by atoms with Gasteiger partial charge in [-0.3, -0.25) is 0 Å². The number of hydrogen-bond donors (Lipinski definition) is 0. The molecule has 0 aromatic rings. The van der Waals surface area contributed by atoms with Crippen molar-refractivity contribution in [3.8, 4) is 0 Å². The molecule has 0 aromatic heterocycles. The summed E-state index contributed by atoms with van der Waals surface area (Å²) in [6, 6.07) is 0. The summed E-state index contributed by atoms with van der Waals surface area (Å²) >= 11 is 0. The van der Waals surface area contributed by atoms with Gasteiger partial charge in [0.2, 0.25) is 0 Å². The molecule has 28 heteroatoms. The van der Waals surface area contributed by atoms with Crippen LogP contribution in [0.3, 0.4) is 0 Å². The second kappa shape index (κ2) is 50.1. The van der Waals surface area contributed by atoms with Crippen molar-refractivity contribution in [3.63, 3.8) is 0 Å². The lowest BCUT2D eigenvalue weighted by atomic mass is 9.86. The predicted molar refractivity (Wildman–Crippen MR) is 354 cm³/mol. The first-order valence-electron chi connectivity index (χ1n) is 29.7. The highest BCUT2D eigenvalue weighted by Gasteiger charge is 2.42. The summed E-state index contributed by atoms with van der Waals surface area (Å²) in [4.78, 5) is 152. The summed E-state index contributed by atoms with van der Waals surface area (Å²) in [5.74, 6) is -9.21. The number of hydrogen-bond acceptors (Lipinski definition) is 28. The van der Waals surface area contributed by atoms with Crippen LogP contribution in [-0.2, 0) is 133 Å². The lowest BCUT2D eigenvalue weighted by Crippen LogP contribution is -2.47. The van der Waals surface area contributed by atoms with Crippen LogP contribution in [0.25, 0.3) is 0 Å². The molecule has 28 nitrogen and oxygen atoms in total. The zero-order valence-electron chi connectivity index (χ0n) is 57.0. The molecular formula is C70H94O28. The van der Waals surface area contributed by atoms with Crippen LogP contribution in [-0.4, -0.2) is 190 Å². The topological polar surface area (TPSA) is 360 Å². The first-order valence-corrected chi connectivity index (χ1v) is 29.7. The van der Waals surface area contributed by atoms with Gasteiger partial charge in [-0.05, 0) is 40.0 Å². The molecule has 0 aliphatic carbocycles. The first-order chi connectivity index (χ1) is 46.1. The Bertz CT molecular complexity index is 2500. The zero-order chi connectivity index (χ0) is 75.6. The Kier molecular flexibility index (Phi) is 46.9. The van der Waals surface area contributed by atoms with Crippen molar-refractivity contribution in [2.75, 3.05) is 112 Å². The van der Waals surface area contributed by atoms with E-state index in [0.29, 0.717) is 19.3 Å². The fourth-order valence-electron chi connectivity index (χ4n) is 6.62. The van der Waals surface area contributed by atoms with Crippen LogP contribution >= 0.6 is 0 Å². The molecule has 0 unspecified atom stereocenters. The van der Waals surface area contributed by atoms with E-state index in [9.17, 15) is 62.3 Å². The van der Waals surface area contributed by atoms with E-state index in [0.717, 1.165) is 60.8 Å². The predicted octanol–water partition coefficient (Wildman–Crippen LogP) is 6.80. The molecule has 0 aliphatic rings. The molecule has 98 heavy (non-hydrogen) atoms. The summed E-state index contributed by atoms with van der Waals surface area (Å²) in [6.07, 6.45) is 10.8. The number of rotatable bonds is 50. The Morgan fingerprint density at radius 3 is 0.480 bits per heavy atom. The molecule has 0 spiro atoms. The van der Waals surface area contributed by atoms with Crippen LogP contribution in [0.5, 0.6) is 0 Å². The molecule has 0 N–H and O–H groups in total. The van der Waals surface area contributed by atoms with Gasteiger partial charge in [-0.2, -0.15) is 0 Å². The molecule has 0 fully saturated rings. The Balaban J connectivity index is -0.00000143. The van der Waals surface area contributed by atoms with E-state index in [1.54, 1.807) is 0 Å². The third-order valence-electron chi connectivity index (χ3n) is 13.3. The molecule has 0 bridgehead atoms. The summed E-state index contributed by atoms with van der Waals surface area (Å²) in [5, 5.41) is 0. The van der Waals surface area contributed by atoms with Crippen LogP contribution in [0.2, 0.25) is 0 Å². The van der Waals surface area contributed by atoms with Gasteiger partial charge in [0.15, 0.2) is 0 Å². The smallest absolute Gasteiger partial charge is 0.333 e. The molecule has 0 amide bonds. The largest absolute Gasteiger partial charge is 0.462 e.